The van der Waals surface area contributed by atoms with Crippen LogP contribution in [0.15, 0.2) is 30.3 Å². The minimum Gasteiger partial charge on any atom is -0.496 e. The molecule has 0 aliphatic rings. The average molecular weight is 313 g/mol. The van der Waals surface area contributed by atoms with Crippen molar-refractivity contribution < 1.29 is 4.74 Å². The largest absolute Gasteiger partial charge is 0.496 e. The number of fused-ring (bicyclic) bond motifs is 1. The van der Waals surface area contributed by atoms with Crippen molar-refractivity contribution in [2.75, 3.05) is 12.4 Å². The maximum atomic E-state index is 5.40. The molecule has 0 saturated heterocycles. The summed E-state index contributed by atoms with van der Waals surface area (Å²) in [7, 11) is 1.69. The first-order valence-electron chi connectivity index (χ1n) is 7.34. The van der Waals surface area contributed by atoms with E-state index in [1.807, 2.05) is 25.1 Å². The number of thiophene rings is 1. The van der Waals surface area contributed by atoms with Crippen LogP contribution in [0.3, 0.4) is 0 Å². The third kappa shape index (κ3) is 2.90. The maximum Gasteiger partial charge on any atom is 0.138 e. The monoisotopic (exact) mass is 313 g/mol. The summed E-state index contributed by atoms with van der Waals surface area (Å²) >= 11 is 1.74. The van der Waals surface area contributed by atoms with E-state index in [2.05, 4.69) is 34.3 Å². The van der Waals surface area contributed by atoms with Gasteiger partial charge >= 0.3 is 0 Å². The molecule has 0 aliphatic heterocycles. The Hall–Kier alpha value is -2.14. The van der Waals surface area contributed by atoms with Crippen LogP contribution in [0.1, 0.15) is 23.2 Å². The third-order valence-electron chi connectivity index (χ3n) is 3.54. The molecule has 1 N–H and O–H groups in total. The lowest BCUT2D eigenvalue weighted by Crippen LogP contribution is -2.04. The smallest absolute Gasteiger partial charge is 0.138 e. The van der Waals surface area contributed by atoms with Crippen molar-refractivity contribution in [3.8, 4) is 5.75 Å². The van der Waals surface area contributed by atoms with Gasteiger partial charge in [0.1, 0.15) is 22.2 Å². The number of methoxy groups -OCH3 is 1. The molecular formula is C17H19N3OS. The summed E-state index contributed by atoms with van der Waals surface area (Å²) in [5.74, 6) is 2.57. The van der Waals surface area contributed by atoms with E-state index in [1.165, 1.54) is 4.88 Å². The van der Waals surface area contributed by atoms with Gasteiger partial charge in [-0.05, 0) is 25.5 Å². The molecule has 0 fully saturated rings. The van der Waals surface area contributed by atoms with E-state index in [0.717, 1.165) is 39.6 Å². The van der Waals surface area contributed by atoms with Crippen molar-refractivity contribution in [2.45, 2.75) is 26.8 Å². The van der Waals surface area contributed by atoms with Gasteiger partial charge in [-0.2, -0.15) is 0 Å². The van der Waals surface area contributed by atoms with Crippen molar-refractivity contribution in [1.82, 2.24) is 9.97 Å². The van der Waals surface area contributed by atoms with Gasteiger partial charge in [-0.3, -0.25) is 0 Å². The van der Waals surface area contributed by atoms with Crippen LogP contribution in [0.2, 0.25) is 0 Å². The van der Waals surface area contributed by atoms with Crippen molar-refractivity contribution in [3.05, 3.63) is 46.6 Å². The molecule has 0 amide bonds. The Morgan fingerprint density at radius 1 is 1.23 bits per heavy atom. The lowest BCUT2D eigenvalue weighted by Gasteiger charge is -2.10. The lowest BCUT2D eigenvalue weighted by atomic mass is 10.2. The molecule has 0 radical (unpaired) electrons. The predicted octanol–water partition coefficient (Wildman–Crippen LogP) is 4.18. The fourth-order valence-corrected chi connectivity index (χ4v) is 3.43. The van der Waals surface area contributed by atoms with E-state index in [4.69, 9.17) is 4.74 Å². The van der Waals surface area contributed by atoms with Crippen LogP contribution in [0.4, 0.5) is 5.82 Å². The molecule has 0 aliphatic carbocycles. The Morgan fingerprint density at radius 3 is 2.82 bits per heavy atom. The van der Waals surface area contributed by atoms with Crippen molar-refractivity contribution >= 4 is 27.4 Å². The molecule has 22 heavy (non-hydrogen) atoms. The molecule has 0 atom stereocenters. The van der Waals surface area contributed by atoms with Crippen LogP contribution in [-0.4, -0.2) is 17.1 Å². The summed E-state index contributed by atoms with van der Waals surface area (Å²) in [6.07, 6.45) is 1.02. The van der Waals surface area contributed by atoms with Gasteiger partial charge in [0.25, 0.3) is 0 Å². The number of aromatic nitrogens is 2. The van der Waals surface area contributed by atoms with Crippen LogP contribution in [-0.2, 0) is 13.0 Å². The predicted molar refractivity (Wildman–Crippen MR) is 91.9 cm³/mol. The van der Waals surface area contributed by atoms with Gasteiger partial charge in [0.05, 0.1) is 12.5 Å². The number of aryl methyl sites for hydroxylation is 2. The van der Waals surface area contributed by atoms with Crippen molar-refractivity contribution in [2.24, 2.45) is 0 Å². The summed E-state index contributed by atoms with van der Waals surface area (Å²) in [4.78, 5) is 11.5. The van der Waals surface area contributed by atoms with Crippen LogP contribution < -0.4 is 10.1 Å². The zero-order chi connectivity index (χ0) is 15.5. The number of hydrogen-bond acceptors (Lipinski definition) is 5. The van der Waals surface area contributed by atoms with E-state index in [0.29, 0.717) is 6.54 Å². The maximum absolute atomic E-state index is 5.40. The highest BCUT2D eigenvalue weighted by Crippen LogP contribution is 2.30. The van der Waals surface area contributed by atoms with Crippen molar-refractivity contribution in [1.29, 1.82) is 0 Å². The Morgan fingerprint density at radius 2 is 2.05 bits per heavy atom. The van der Waals surface area contributed by atoms with Gasteiger partial charge in [0, 0.05) is 17.0 Å². The Labute approximate surface area is 134 Å². The van der Waals surface area contributed by atoms with E-state index < -0.39 is 0 Å². The second-order valence-electron chi connectivity index (χ2n) is 5.07. The van der Waals surface area contributed by atoms with Crippen LogP contribution in [0, 0.1) is 6.92 Å². The van der Waals surface area contributed by atoms with Gasteiger partial charge in [0.2, 0.25) is 0 Å². The second-order valence-corrected chi connectivity index (χ2v) is 6.19. The lowest BCUT2D eigenvalue weighted by molar-refractivity contribution is 0.410. The molecule has 0 saturated carbocycles. The SMILES string of the molecule is CCc1cc2c(NCc3ccccc3OC)nc(C)nc2s1. The number of para-hydroxylation sites is 1. The highest BCUT2D eigenvalue weighted by Gasteiger charge is 2.10. The van der Waals surface area contributed by atoms with Gasteiger partial charge in [-0.15, -0.1) is 11.3 Å². The first-order valence-corrected chi connectivity index (χ1v) is 8.15. The second kappa shape index (κ2) is 6.32. The number of rotatable bonds is 5. The normalized spacial score (nSPS) is 10.9. The molecule has 0 spiro atoms. The minimum absolute atomic E-state index is 0.673. The molecular weight excluding hydrogens is 294 g/mol. The molecule has 2 heterocycles. The molecule has 114 valence electrons. The quantitative estimate of drug-likeness (QED) is 0.767. The zero-order valence-electron chi connectivity index (χ0n) is 13.0. The fourth-order valence-electron chi connectivity index (χ4n) is 2.41. The summed E-state index contributed by atoms with van der Waals surface area (Å²) in [6, 6.07) is 10.2. The molecule has 4 nitrogen and oxygen atoms in total. The molecule has 0 unspecified atom stereocenters. The van der Waals surface area contributed by atoms with Crippen LogP contribution in [0.5, 0.6) is 5.75 Å². The van der Waals surface area contributed by atoms with Gasteiger partial charge in [-0.1, -0.05) is 25.1 Å². The first kappa shape index (κ1) is 14.8. The molecule has 0 bridgehead atoms. The van der Waals surface area contributed by atoms with Crippen molar-refractivity contribution in [3.63, 3.8) is 0 Å². The molecule has 2 aromatic heterocycles. The van der Waals surface area contributed by atoms with Gasteiger partial charge in [-0.25, -0.2) is 9.97 Å². The molecule has 3 rings (SSSR count). The van der Waals surface area contributed by atoms with Crippen LogP contribution in [0.25, 0.3) is 10.2 Å². The Bertz CT molecular complexity index is 798. The van der Waals surface area contributed by atoms with Gasteiger partial charge in [0.15, 0.2) is 0 Å². The number of nitrogens with zero attached hydrogens (tertiary/aromatic N) is 2. The van der Waals surface area contributed by atoms with E-state index in [-0.39, 0.29) is 0 Å². The highest BCUT2D eigenvalue weighted by molar-refractivity contribution is 7.18. The number of anilines is 1. The first-order chi connectivity index (χ1) is 10.7. The summed E-state index contributed by atoms with van der Waals surface area (Å²) in [5.41, 5.74) is 1.11. The number of nitrogens with one attached hydrogen (secondary N) is 1. The molecule has 3 aromatic rings. The fraction of sp³-hybridized carbons (Fsp3) is 0.294. The van der Waals surface area contributed by atoms with Crippen LogP contribution >= 0.6 is 11.3 Å². The molecule has 5 heteroatoms. The topological polar surface area (TPSA) is 47.0 Å². The number of hydrogen-bond donors (Lipinski definition) is 1. The summed E-state index contributed by atoms with van der Waals surface area (Å²) in [5, 5.41) is 4.53. The number of benzene rings is 1. The van der Waals surface area contributed by atoms with E-state index in [1.54, 1.807) is 18.4 Å². The zero-order valence-corrected chi connectivity index (χ0v) is 13.8. The van der Waals surface area contributed by atoms with E-state index in [9.17, 15) is 0 Å². The summed E-state index contributed by atoms with van der Waals surface area (Å²) < 4.78 is 5.40. The Kier molecular flexibility index (Phi) is 4.24. The highest BCUT2D eigenvalue weighted by atomic mass is 32.1. The summed E-state index contributed by atoms with van der Waals surface area (Å²) in [6.45, 7) is 4.76. The Balaban J connectivity index is 1.91. The van der Waals surface area contributed by atoms with E-state index >= 15 is 0 Å². The average Bonchev–Trinajstić information content (AvgIpc) is 2.95. The standard InChI is InChI=1S/C17H19N3OS/c1-4-13-9-14-16(19-11(2)20-17(14)22-13)18-10-12-7-5-6-8-15(12)21-3/h5-9H,4,10H2,1-3H3,(H,18,19,20). The third-order valence-corrected chi connectivity index (χ3v) is 4.72. The molecule has 1 aromatic carbocycles. The van der Waals surface area contributed by atoms with Gasteiger partial charge < -0.3 is 10.1 Å². The minimum atomic E-state index is 0.673. The number of ether oxygens (including phenoxy) is 1.